The van der Waals surface area contributed by atoms with E-state index in [-0.39, 0.29) is 10.4 Å². The number of nitrogens with one attached hydrogen (secondary N) is 2. The number of hydrogen-bond donors (Lipinski definition) is 2. The van der Waals surface area contributed by atoms with Crippen molar-refractivity contribution < 1.29 is 8.42 Å². The summed E-state index contributed by atoms with van der Waals surface area (Å²) in [7, 11) is -1.66. The molecular formula is C12H22N4O2S. The van der Waals surface area contributed by atoms with Gasteiger partial charge < -0.3 is 5.32 Å². The van der Waals surface area contributed by atoms with Gasteiger partial charge in [0.2, 0.25) is 0 Å². The van der Waals surface area contributed by atoms with Crippen LogP contribution in [0.5, 0.6) is 0 Å². The average Bonchev–Trinajstić information content (AvgIpc) is 2.78. The Morgan fingerprint density at radius 2 is 2.05 bits per heavy atom. The Bertz CT molecular complexity index is 526. The molecule has 1 saturated heterocycles. The summed E-state index contributed by atoms with van der Waals surface area (Å²) in [5.41, 5.74) is 0.917. The Balaban J connectivity index is 2.21. The number of piperidine rings is 1. The van der Waals surface area contributed by atoms with Gasteiger partial charge in [-0.05, 0) is 25.3 Å². The molecule has 7 heteroatoms. The molecule has 6 nitrogen and oxygen atoms in total. The van der Waals surface area contributed by atoms with Gasteiger partial charge in [0, 0.05) is 25.2 Å². The van der Waals surface area contributed by atoms with E-state index in [1.807, 2.05) is 0 Å². The first-order valence-electron chi connectivity index (χ1n) is 6.54. The second-order valence-corrected chi connectivity index (χ2v) is 7.70. The third-order valence-corrected chi connectivity index (χ3v) is 5.63. The summed E-state index contributed by atoms with van der Waals surface area (Å²) >= 11 is 0. The fourth-order valence-corrected chi connectivity index (χ4v) is 3.85. The van der Waals surface area contributed by atoms with Gasteiger partial charge in [-0.15, -0.1) is 0 Å². The third-order valence-electron chi connectivity index (χ3n) is 3.72. The van der Waals surface area contributed by atoms with Crippen molar-refractivity contribution >= 4 is 10.0 Å². The van der Waals surface area contributed by atoms with Gasteiger partial charge in [0.25, 0.3) is 10.0 Å². The van der Waals surface area contributed by atoms with Crippen LogP contribution in [0.2, 0.25) is 0 Å². The third kappa shape index (κ3) is 2.98. The molecule has 0 amide bonds. The molecule has 1 fully saturated rings. The molecule has 1 aromatic heterocycles. The number of sulfonamides is 1. The van der Waals surface area contributed by atoms with E-state index in [2.05, 4.69) is 29.4 Å². The van der Waals surface area contributed by atoms with Crippen molar-refractivity contribution in [1.29, 1.82) is 0 Å². The number of nitrogens with zero attached hydrogens (tertiary/aromatic N) is 2. The van der Waals surface area contributed by atoms with Gasteiger partial charge in [-0.25, -0.2) is 8.42 Å². The predicted molar refractivity (Wildman–Crippen MR) is 73.1 cm³/mol. The molecule has 0 aromatic carbocycles. The van der Waals surface area contributed by atoms with Gasteiger partial charge in [-0.1, -0.05) is 13.8 Å². The lowest BCUT2D eigenvalue weighted by molar-refractivity contribution is 0.195. The molecule has 0 saturated carbocycles. The quantitative estimate of drug-likeness (QED) is 0.863. The Morgan fingerprint density at radius 1 is 1.42 bits per heavy atom. The molecule has 0 spiro atoms. The minimum atomic E-state index is -3.45. The first-order chi connectivity index (χ1) is 8.87. The molecule has 1 aromatic rings. The van der Waals surface area contributed by atoms with Gasteiger partial charge in [-0.3, -0.25) is 5.10 Å². The standard InChI is InChI=1S/C12H22N4O2S/c1-12(2)4-6-16(7-5-12)19(17,18)11-10(8-13-3)9-14-15-11/h9,13H,4-8H2,1-3H3,(H,14,15). The van der Waals surface area contributed by atoms with Crippen molar-refractivity contribution in [2.45, 2.75) is 38.3 Å². The molecule has 1 aliphatic heterocycles. The van der Waals surface area contributed by atoms with Crippen LogP contribution in [0.25, 0.3) is 0 Å². The van der Waals surface area contributed by atoms with Gasteiger partial charge >= 0.3 is 0 Å². The smallest absolute Gasteiger partial charge is 0.260 e. The highest BCUT2D eigenvalue weighted by molar-refractivity contribution is 7.89. The van der Waals surface area contributed by atoms with Crippen molar-refractivity contribution in [2.24, 2.45) is 5.41 Å². The zero-order valence-electron chi connectivity index (χ0n) is 11.7. The topological polar surface area (TPSA) is 78.1 Å². The molecule has 2 N–H and O–H groups in total. The molecule has 108 valence electrons. The molecule has 0 atom stereocenters. The lowest BCUT2D eigenvalue weighted by Crippen LogP contribution is -2.41. The molecule has 0 unspecified atom stereocenters. The van der Waals surface area contributed by atoms with E-state index in [1.165, 1.54) is 0 Å². The lowest BCUT2D eigenvalue weighted by atomic mass is 9.83. The maximum Gasteiger partial charge on any atom is 0.260 e. The largest absolute Gasteiger partial charge is 0.316 e. The highest BCUT2D eigenvalue weighted by Crippen LogP contribution is 2.32. The number of aromatic nitrogens is 2. The summed E-state index contributed by atoms with van der Waals surface area (Å²) in [6.45, 7) is 6.00. The van der Waals surface area contributed by atoms with Crippen LogP contribution in [0.4, 0.5) is 0 Å². The molecule has 19 heavy (non-hydrogen) atoms. The molecule has 2 rings (SSSR count). The van der Waals surface area contributed by atoms with Gasteiger partial charge in [0.1, 0.15) is 0 Å². The van der Waals surface area contributed by atoms with Crippen molar-refractivity contribution in [2.75, 3.05) is 20.1 Å². The maximum absolute atomic E-state index is 12.6. The number of rotatable bonds is 4. The molecule has 2 heterocycles. The first-order valence-corrected chi connectivity index (χ1v) is 7.98. The van der Waals surface area contributed by atoms with Crippen LogP contribution in [0.3, 0.4) is 0 Å². The summed E-state index contributed by atoms with van der Waals surface area (Å²) in [4.78, 5) is 0. The molecule has 1 aliphatic rings. The van der Waals surface area contributed by atoms with Crippen LogP contribution in [0, 0.1) is 5.41 Å². The van der Waals surface area contributed by atoms with Crippen molar-refractivity contribution in [3.8, 4) is 0 Å². The van der Waals surface area contributed by atoms with Crippen LogP contribution in [-0.4, -0.2) is 43.1 Å². The predicted octanol–water partition coefficient (Wildman–Crippen LogP) is 0.940. The van der Waals surface area contributed by atoms with Crippen molar-refractivity contribution in [3.63, 3.8) is 0 Å². The van der Waals surface area contributed by atoms with E-state index in [0.717, 1.165) is 12.8 Å². The Hall–Kier alpha value is -0.920. The zero-order chi connectivity index (χ0) is 14.1. The summed E-state index contributed by atoms with van der Waals surface area (Å²) in [6, 6.07) is 0. The maximum atomic E-state index is 12.6. The van der Waals surface area contributed by atoms with E-state index in [9.17, 15) is 8.42 Å². The van der Waals surface area contributed by atoms with Crippen LogP contribution < -0.4 is 5.32 Å². The minimum Gasteiger partial charge on any atom is -0.316 e. The monoisotopic (exact) mass is 286 g/mol. The first kappa shape index (κ1) is 14.5. The lowest BCUT2D eigenvalue weighted by Gasteiger charge is -2.35. The van der Waals surface area contributed by atoms with Crippen molar-refractivity contribution in [3.05, 3.63) is 11.8 Å². The summed E-state index contributed by atoms with van der Waals surface area (Å²) in [6.07, 6.45) is 3.35. The van der Waals surface area contributed by atoms with Crippen molar-refractivity contribution in [1.82, 2.24) is 19.8 Å². The fourth-order valence-electron chi connectivity index (χ4n) is 2.30. The number of hydrogen-bond acceptors (Lipinski definition) is 4. The summed E-state index contributed by atoms with van der Waals surface area (Å²) in [5.74, 6) is 0. The second-order valence-electron chi connectivity index (χ2n) is 5.82. The summed E-state index contributed by atoms with van der Waals surface area (Å²) < 4.78 is 26.7. The zero-order valence-corrected chi connectivity index (χ0v) is 12.5. The normalized spacial score (nSPS) is 20.6. The molecule has 0 aliphatic carbocycles. The minimum absolute atomic E-state index is 0.224. The SMILES string of the molecule is CNCc1cn[nH]c1S(=O)(=O)N1CCC(C)(C)CC1. The highest BCUT2D eigenvalue weighted by Gasteiger charge is 2.34. The van der Waals surface area contributed by atoms with Gasteiger partial charge in [0.05, 0.1) is 6.20 Å². The van der Waals surface area contributed by atoms with E-state index in [4.69, 9.17) is 0 Å². The van der Waals surface area contributed by atoms with E-state index in [1.54, 1.807) is 17.5 Å². The van der Waals surface area contributed by atoms with Crippen LogP contribution >= 0.6 is 0 Å². The Kier molecular flexibility index (Phi) is 3.98. The number of aromatic amines is 1. The molecule has 0 radical (unpaired) electrons. The van der Waals surface area contributed by atoms with E-state index < -0.39 is 10.0 Å². The summed E-state index contributed by atoms with van der Waals surface area (Å²) in [5, 5.41) is 9.67. The van der Waals surface area contributed by atoms with Crippen LogP contribution in [-0.2, 0) is 16.6 Å². The van der Waals surface area contributed by atoms with Gasteiger partial charge in [0.15, 0.2) is 5.03 Å². The average molecular weight is 286 g/mol. The van der Waals surface area contributed by atoms with Crippen LogP contribution in [0.1, 0.15) is 32.3 Å². The Labute approximate surface area is 114 Å². The molecule has 0 bridgehead atoms. The Morgan fingerprint density at radius 3 is 2.63 bits per heavy atom. The molecular weight excluding hydrogens is 264 g/mol. The van der Waals surface area contributed by atoms with E-state index >= 15 is 0 Å². The second kappa shape index (κ2) is 5.22. The highest BCUT2D eigenvalue weighted by atomic mass is 32.2. The van der Waals surface area contributed by atoms with Crippen LogP contribution in [0.15, 0.2) is 11.2 Å². The number of H-pyrrole nitrogens is 1. The van der Waals surface area contributed by atoms with E-state index in [0.29, 0.717) is 25.2 Å². The van der Waals surface area contributed by atoms with Gasteiger partial charge in [-0.2, -0.15) is 9.40 Å². The fraction of sp³-hybridized carbons (Fsp3) is 0.750.